The van der Waals surface area contributed by atoms with Crippen molar-refractivity contribution >= 4 is 14.6 Å². The van der Waals surface area contributed by atoms with Crippen LogP contribution in [0, 0.1) is 0 Å². The Balaban J connectivity index is 2.62. The molecule has 0 spiro atoms. The topological polar surface area (TPSA) is 44.8 Å². The Kier molecular flexibility index (Phi) is 5.58. The van der Waals surface area contributed by atoms with Gasteiger partial charge in [0, 0.05) is 6.42 Å². The highest BCUT2D eigenvalue weighted by molar-refractivity contribution is 6.74. The van der Waals surface area contributed by atoms with Crippen molar-refractivity contribution in [3.63, 3.8) is 0 Å². The standard InChI is InChI=1S/C15H30O4Si/c1-14(2,3)20(6,7)17-11-13-12(9-8-10-16)18-15(4,5)19-13/h10,12-13H,8-9,11H2,1-7H3/t12-,13-/m1/s1. The van der Waals surface area contributed by atoms with Gasteiger partial charge in [0.2, 0.25) is 0 Å². The molecule has 1 aliphatic rings. The predicted octanol–water partition coefficient (Wildman–Crippen LogP) is 3.51. The Labute approximate surface area is 124 Å². The van der Waals surface area contributed by atoms with Gasteiger partial charge in [0.1, 0.15) is 12.4 Å². The highest BCUT2D eigenvalue weighted by Gasteiger charge is 2.43. The van der Waals surface area contributed by atoms with E-state index in [4.69, 9.17) is 13.9 Å². The third kappa shape index (κ3) is 4.65. The lowest BCUT2D eigenvalue weighted by atomic mass is 10.1. The summed E-state index contributed by atoms with van der Waals surface area (Å²) >= 11 is 0. The fourth-order valence-electron chi connectivity index (χ4n) is 2.03. The van der Waals surface area contributed by atoms with Crippen molar-refractivity contribution in [1.29, 1.82) is 0 Å². The minimum absolute atomic E-state index is 0.0556. The smallest absolute Gasteiger partial charge is 0.192 e. The SMILES string of the molecule is CC1(C)O[C@H](CCC=O)[C@@H](CO[Si](C)(C)C(C)(C)C)O1. The second kappa shape index (κ2) is 6.26. The quantitative estimate of drug-likeness (QED) is 0.556. The van der Waals surface area contributed by atoms with Gasteiger partial charge in [0.15, 0.2) is 14.1 Å². The third-order valence-corrected chi connectivity index (χ3v) is 8.77. The molecule has 2 atom stereocenters. The van der Waals surface area contributed by atoms with Crippen LogP contribution < -0.4 is 0 Å². The summed E-state index contributed by atoms with van der Waals surface area (Å²) in [6, 6.07) is 0. The van der Waals surface area contributed by atoms with Gasteiger partial charge >= 0.3 is 0 Å². The summed E-state index contributed by atoms with van der Waals surface area (Å²) in [4.78, 5) is 10.6. The largest absolute Gasteiger partial charge is 0.414 e. The summed E-state index contributed by atoms with van der Waals surface area (Å²) < 4.78 is 18.0. The maximum Gasteiger partial charge on any atom is 0.192 e. The fraction of sp³-hybridized carbons (Fsp3) is 0.933. The van der Waals surface area contributed by atoms with Crippen molar-refractivity contribution in [2.75, 3.05) is 6.61 Å². The summed E-state index contributed by atoms with van der Waals surface area (Å²) in [6.45, 7) is 15.5. The van der Waals surface area contributed by atoms with Crippen LogP contribution in [0.2, 0.25) is 18.1 Å². The first-order chi connectivity index (χ1) is 8.98. The Bertz CT molecular complexity index is 333. The van der Waals surface area contributed by atoms with Gasteiger partial charge in [-0.25, -0.2) is 0 Å². The highest BCUT2D eigenvalue weighted by Crippen LogP contribution is 2.38. The van der Waals surface area contributed by atoms with Gasteiger partial charge in [-0.2, -0.15) is 0 Å². The average molecular weight is 302 g/mol. The first-order valence-corrected chi connectivity index (χ1v) is 10.3. The molecule has 0 bridgehead atoms. The summed E-state index contributed by atoms with van der Waals surface area (Å²) in [5.74, 6) is -0.588. The fourth-order valence-corrected chi connectivity index (χ4v) is 3.05. The Morgan fingerprint density at radius 3 is 2.25 bits per heavy atom. The van der Waals surface area contributed by atoms with Crippen LogP contribution in [0.15, 0.2) is 0 Å². The molecule has 1 heterocycles. The molecule has 0 unspecified atom stereocenters. The van der Waals surface area contributed by atoms with E-state index in [1.807, 2.05) is 13.8 Å². The summed E-state index contributed by atoms with van der Waals surface area (Å²) in [6.07, 6.45) is 1.98. The third-order valence-electron chi connectivity index (χ3n) is 4.27. The molecule has 4 nitrogen and oxygen atoms in total. The molecule has 118 valence electrons. The van der Waals surface area contributed by atoms with E-state index in [2.05, 4.69) is 33.9 Å². The number of carbonyl (C=O) groups is 1. The molecule has 0 aliphatic carbocycles. The molecule has 0 N–H and O–H groups in total. The number of aldehydes is 1. The van der Waals surface area contributed by atoms with Crippen LogP contribution in [-0.2, 0) is 18.7 Å². The van der Waals surface area contributed by atoms with E-state index in [1.165, 1.54) is 0 Å². The number of ether oxygens (including phenoxy) is 2. The molecule has 1 fully saturated rings. The minimum atomic E-state index is -1.78. The molecule has 0 radical (unpaired) electrons. The number of carbonyl (C=O) groups excluding carboxylic acids is 1. The molecule has 0 saturated carbocycles. The minimum Gasteiger partial charge on any atom is -0.414 e. The van der Waals surface area contributed by atoms with E-state index in [-0.39, 0.29) is 17.2 Å². The van der Waals surface area contributed by atoms with Gasteiger partial charge < -0.3 is 18.7 Å². The van der Waals surface area contributed by atoms with E-state index >= 15 is 0 Å². The summed E-state index contributed by atoms with van der Waals surface area (Å²) in [5.41, 5.74) is 0. The Morgan fingerprint density at radius 2 is 1.75 bits per heavy atom. The Hall–Kier alpha value is -0.233. The molecule has 1 saturated heterocycles. The molecule has 20 heavy (non-hydrogen) atoms. The second-order valence-electron chi connectivity index (χ2n) is 7.53. The van der Waals surface area contributed by atoms with Crippen molar-refractivity contribution in [3.05, 3.63) is 0 Å². The average Bonchev–Trinajstić information content (AvgIpc) is 2.57. The molecule has 5 heteroatoms. The van der Waals surface area contributed by atoms with Crippen LogP contribution in [0.4, 0.5) is 0 Å². The zero-order valence-corrected chi connectivity index (χ0v) is 15.0. The monoisotopic (exact) mass is 302 g/mol. The van der Waals surface area contributed by atoms with Crippen LogP contribution in [0.5, 0.6) is 0 Å². The molecule has 0 aromatic heterocycles. The Morgan fingerprint density at radius 1 is 1.20 bits per heavy atom. The molecule has 1 aliphatic heterocycles. The molecule has 0 aromatic carbocycles. The first kappa shape index (κ1) is 17.8. The zero-order chi connectivity index (χ0) is 15.6. The molecule has 0 aromatic rings. The van der Waals surface area contributed by atoms with Gasteiger partial charge in [-0.3, -0.25) is 0 Å². The van der Waals surface area contributed by atoms with E-state index < -0.39 is 14.1 Å². The molecular formula is C15H30O4Si. The summed E-state index contributed by atoms with van der Waals surface area (Å²) in [7, 11) is -1.78. The van der Waals surface area contributed by atoms with Crippen LogP contribution >= 0.6 is 0 Å². The van der Waals surface area contributed by atoms with E-state index in [1.54, 1.807) is 0 Å². The maximum atomic E-state index is 10.6. The van der Waals surface area contributed by atoms with E-state index in [0.29, 0.717) is 19.4 Å². The van der Waals surface area contributed by atoms with Crippen molar-refractivity contribution in [3.8, 4) is 0 Å². The second-order valence-corrected chi connectivity index (χ2v) is 12.3. The van der Waals surface area contributed by atoms with E-state index in [0.717, 1.165) is 6.29 Å². The van der Waals surface area contributed by atoms with Crippen LogP contribution in [0.3, 0.4) is 0 Å². The van der Waals surface area contributed by atoms with Gasteiger partial charge in [-0.1, -0.05) is 20.8 Å². The predicted molar refractivity (Wildman–Crippen MR) is 82.3 cm³/mol. The van der Waals surface area contributed by atoms with Crippen LogP contribution in [0.1, 0.15) is 47.5 Å². The van der Waals surface area contributed by atoms with E-state index in [9.17, 15) is 4.79 Å². The van der Waals surface area contributed by atoms with Crippen molar-refractivity contribution < 1.29 is 18.7 Å². The van der Waals surface area contributed by atoms with Gasteiger partial charge in [0.05, 0.1) is 12.7 Å². The number of hydrogen-bond donors (Lipinski definition) is 0. The van der Waals surface area contributed by atoms with Crippen molar-refractivity contribution in [2.45, 2.75) is 83.6 Å². The van der Waals surface area contributed by atoms with Gasteiger partial charge in [0.25, 0.3) is 0 Å². The lowest BCUT2D eigenvalue weighted by Crippen LogP contribution is -2.44. The molecule has 0 amide bonds. The maximum absolute atomic E-state index is 10.6. The normalized spacial score (nSPS) is 26.8. The van der Waals surface area contributed by atoms with Crippen LogP contribution in [0.25, 0.3) is 0 Å². The number of hydrogen-bond acceptors (Lipinski definition) is 4. The van der Waals surface area contributed by atoms with Crippen molar-refractivity contribution in [2.24, 2.45) is 0 Å². The zero-order valence-electron chi connectivity index (χ0n) is 14.0. The van der Waals surface area contributed by atoms with Gasteiger partial charge in [-0.15, -0.1) is 0 Å². The first-order valence-electron chi connectivity index (χ1n) is 7.42. The molecular weight excluding hydrogens is 272 g/mol. The van der Waals surface area contributed by atoms with Crippen molar-refractivity contribution in [1.82, 2.24) is 0 Å². The highest BCUT2D eigenvalue weighted by atomic mass is 28.4. The van der Waals surface area contributed by atoms with Crippen LogP contribution in [-0.4, -0.2) is 39.2 Å². The number of rotatable bonds is 6. The lowest BCUT2D eigenvalue weighted by molar-refractivity contribution is -0.149. The molecule has 1 rings (SSSR count). The van der Waals surface area contributed by atoms with Gasteiger partial charge in [-0.05, 0) is 38.4 Å². The summed E-state index contributed by atoms with van der Waals surface area (Å²) in [5, 5.41) is 0.181. The lowest BCUT2D eigenvalue weighted by Gasteiger charge is -2.37.